The Kier molecular flexibility index (Phi) is 5.06. The number of allylic oxidation sites excluding steroid dienone is 1. The monoisotopic (exact) mass is 329 g/mol. The summed E-state index contributed by atoms with van der Waals surface area (Å²) in [5, 5.41) is 18.5. The lowest BCUT2D eigenvalue weighted by Crippen LogP contribution is -2.37. The zero-order valence-electron chi connectivity index (χ0n) is 13.8. The first-order valence-electron chi connectivity index (χ1n) is 8.41. The van der Waals surface area contributed by atoms with Gasteiger partial charge in [-0.05, 0) is 32.0 Å². The fourth-order valence-electron chi connectivity index (χ4n) is 3.29. The number of carboxylic acids is 1. The van der Waals surface area contributed by atoms with Crippen molar-refractivity contribution in [1.82, 2.24) is 19.6 Å². The summed E-state index contributed by atoms with van der Waals surface area (Å²) in [6.45, 7) is 5.07. The molecule has 0 unspecified atom stereocenters. The fraction of sp³-hybridized carbons (Fsp3) is 0.529. The maximum atomic E-state index is 11.6. The molecule has 0 saturated carbocycles. The van der Waals surface area contributed by atoms with Crippen LogP contribution in [0.2, 0.25) is 0 Å². The van der Waals surface area contributed by atoms with Crippen molar-refractivity contribution < 1.29 is 9.90 Å². The fourth-order valence-corrected chi connectivity index (χ4v) is 3.29. The standard InChI is InChI=1S/C17H23N5O2/c18-13-20-8-4-5-15(11-20)22-14-21(12-16(22)17(23)24)10-9-19-6-2-1-3-7-19/h4-5,11-12H,1-3,6-10,14H2,(H,23,24). The van der Waals surface area contributed by atoms with Gasteiger partial charge in [0.25, 0.3) is 0 Å². The van der Waals surface area contributed by atoms with Gasteiger partial charge in [-0.3, -0.25) is 4.90 Å². The maximum absolute atomic E-state index is 11.6. The minimum absolute atomic E-state index is 0.254. The van der Waals surface area contributed by atoms with Crippen LogP contribution >= 0.6 is 0 Å². The first-order chi connectivity index (χ1) is 11.7. The average molecular weight is 329 g/mol. The molecule has 24 heavy (non-hydrogen) atoms. The predicted octanol–water partition coefficient (Wildman–Crippen LogP) is 1.17. The highest BCUT2D eigenvalue weighted by Gasteiger charge is 2.29. The summed E-state index contributed by atoms with van der Waals surface area (Å²) in [5.41, 5.74) is 0.987. The molecule has 3 aliphatic heterocycles. The van der Waals surface area contributed by atoms with Crippen LogP contribution in [0.3, 0.4) is 0 Å². The number of nitrogens with zero attached hydrogens (tertiary/aromatic N) is 5. The van der Waals surface area contributed by atoms with E-state index in [-0.39, 0.29) is 5.70 Å². The highest BCUT2D eigenvalue weighted by molar-refractivity contribution is 5.86. The number of piperidine rings is 1. The highest BCUT2D eigenvalue weighted by atomic mass is 16.4. The van der Waals surface area contributed by atoms with Crippen LogP contribution in [-0.2, 0) is 4.79 Å². The Hall–Kier alpha value is -2.46. The van der Waals surface area contributed by atoms with Crippen molar-refractivity contribution in [1.29, 1.82) is 5.26 Å². The zero-order valence-corrected chi connectivity index (χ0v) is 13.8. The molecule has 0 atom stereocenters. The van der Waals surface area contributed by atoms with Crippen molar-refractivity contribution in [2.75, 3.05) is 39.4 Å². The lowest BCUT2D eigenvalue weighted by molar-refractivity contribution is -0.134. The second-order valence-corrected chi connectivity index (χ2v) is 6.31. The van der Waals surface area contributed by atoms with E-state index in [1.54, 1.807) is 17.3 Å². The Balaban J connectivity index is 1.65. The molecule has 0 aromatic rings. The summed E-state index contributed by atoms with van der Waals surface area (Å²) < 4.78 is 0. The Bertz CT molecular complexity index is 613. The summed E-state index contributed by atoms with van der Waals surface area (Å²) in [6.07, 6.45) is 13.1. The van der Waals surface area contributed by atoms with Crippen LogP contribution in [0.25, 0.3) is 0 Å². The molecule has 128 valence electrons. The number of aliphatic carboxylic acids is 1. The highest BCUT2D eigenvalue weighted by Crippen LogP contribution is 2.24. The van der Waals surface area contributed by atoms with Crippen molar-refractivity contribution in [3.8, 4) is 6.19 Å². The molecule has 0 radical (unpaired) electrons. The molecule has 1 fully saturated rings. The zero-order chi connectivity index (χ0) is 16.9. The van der Waals surface area contributed by atoms with E-state index >= 15 is 0 Å². The molecular formula is C17H23N5O2. The summed E-state index contributed by atoms with van der Waals surface area (Å²) in [4.78, 5) is 19.3. The quantitative estimate of drug-likeness (QED) is 0.759. The van der Waals surface area contributed by atoms with Gasteiger partial charge in [0, 0.05) is 25.5 Å². The van der Waals surface area contributed by atoms with Crippen molar-refractivity contribution in [2.24, 2.45) is 0 Å². The van der Waals surface area contributed by atoms with E-state index in [0.717, 1.165) is 31.9 Å². The molecule has 3 heterocycles. The molecule has 7 heteroatoms. The van der Waals surface area contributed by atoms with Crippen molar-refractivity contribution >= 4 is 5.97 Å². The van der Waals surface area contributed by atoms with E-state index in [4.69, 9.17) is 5.26 Å². The predicted molar refractivity (Wildman–Crippen MR) is 89.0 cm³/mol. The van der Waals surface area contributed by atoms with Gasteiger partial charge in [-0.1, -0.05) is 12.5 Å². The van der Waals surface area contributed by atoms with Gasteiger partial charge in [0.05, 0.1) is 18.9 Å². The molecule has 1 saturated heterocycles. The van der Waals surface area contributed by atoms with Crippen LogP contribution in [0.15, 0.2) is 35.9 Å². The molecule has 0 aromatic heterocycles. The molecule has 0 amide bonds. The van der Waals surface area contributed by atoms with E-state index in [2.05, 4.69) is 11.1 Å². The molecule has 7 nitrogen and oxygen atoms in total. The lowest BCUT2D eigenvalue weighted by Gasteiger charge is -2.29. The minimum Gasteiger partial charge on any atom is -0.477 e. The number of hydrogen-bond donors (Lipinski definition) is 1. The van der Waals surface area contributed by atoms with Crippen LogP contribution in [0, 0.1) is 11.5 Å². The molecule has 0 aliphatic carbocycles. The van der Waals surface area contributed by atoms with Gasteiger partial charge in [0.15, 0.2) is 6.19 Å². The van der Waals surface area contributed by atoms with Crippen LogP contribution in [-0.4, -0.2) is 70.1 Å². The van der Waals surface area contributed by atoms with Gasteiger partial charge in [-0.25, -0.2) is 4.79 Å². The van der Waals surface area contributed by atoms with Crippen molar-refractivity contribution in [3.05, 3.63) is 35.9 Å². The molecule has 1 N–H and O–H groups in total. The van der Waals surface area contributed by atoms with Gasteiger partial charge >= 0.3 is 5.97 Å². The molecule has 0 bridgehead atoms. The van der Waals surface area contributed by atoms with Crippen LogP contribution in [0.1, 0.15) is 19.3 Å². The van der Waals surface area contributed by atoms with Crippen molar-refractivity contribution in [3.63, 3.8) is 0 Å². The Morgan fingerprint density at radius 1 is 1.21 bits per heavy atom. The van der Waals surface area contributed by atoms with Gasteiger partial charge in [-0.15, -0.1) is 0 Å². The summed E-state index contributed by atoms with van der Waals surface area (Å²) >= 11 is 0. The van der Waals surface area contributed by atoms with Gasteiger partial charge in [-0.2, -0.15) is 5.26 Å². The number of likely N-dealkylation sites (tertiary alicyclic amines) is 1. The first kappa shape index (κ1) is 16.4. The third-order valence-corrected chi connectivity index (χ3v) is 4.61. The second-order valence-electron chi connectivity index (χ2n) is 6.31. The summed E-state index contributed by atoms with van der Waals surface area (Å²) in [5.74, 6) is -0.946. The van der Waals surface area contributed by atoms with Gasteiger partial charge in [0.2, 0.25) is 0 Å². The second kappa shape index (κ2) is 7.41. The van der Waals surface area contributed by atoms with Crippen LogP contribution in [0.5, 0.6) is 0 Å². The Morgan fingerprint density at radius 2 is 2.00 bits per heavy atom. The number of carbonyl (C=O) groups is 1. The number of carboxylic acid groups (broad SMARTS) is 1. The number of hydrogen-bond acceptors (Lipinski definition) is 6. The van der Waals surface area contributed by atoms with E-state index in [0.29, 0.717) is 13.2 Å². The van der Waals surface area contributed by atoms with E-state index < -0.39 is 5.97 Å². The molecule has 0 aromatic carbocycles. The third-order valence-electron chi connectivity index (χ3n) is 4.61. The molecule has 3 aliphatic rings. The average Bonchev–Trinajstić information content (AvgIpc) is 3.05. The van der Waals surface area contributed by atoms with Crippen LogP contribution < -0.4 is 0 Å². The number of rotatable bonds is 5. The summed E-state index contributed by atoms with van der Waals surface area (Å²) in [7, 11) is 0. The normalized spacial score (nSPS) is 21.5. The van der Waals surface area contributed by atoms with E-state index in [9.17, 15) is 9.90 Å². The third kappa shape index (κ3) is 3.71. The lowest BCUT2D eigenvalue weighted by atomic mass is 10.1. The first-order valence-corrected chi connectivity index (χ1v) is 8.41. The topological polar surface area (TPSA) is 74.1 Å². The Morgan fingerprint density at radius 3 is 2.71 bits per heavy atom. The van der Waals surface area contributed by atoms with Gasteiger partial charge in [0.1, 0.15) is 5.70 Å². The molecule has 0 spiro atoms. The SMILES string of the molecule is N#CN1C=C(N2CN(CCN3CCCCC3)C=C2C(=O)O)C=CC1. The Labute approximate surface area is 142 Å². The largest absolute Gasteiger partial charge is 0.477 e. The van der Waals surface area contributed by atoms with Crippen molar-refractivity contribution in [2.45, 2.75) is 19.3 Å². The van der Waals surface area contributed by atoms with Crippen LogP contribution in [0.4, 0.5) is 0 Å². The maximum Gasteiger partial charge on any atom is 0.354 e. The van der Waals surface area contributed by atoms with Gasteiger partial charge < -0.3 is 19.8 Å². The smallest absolute Gasteiger partial charge is 0.354 e. The minimum atomic E-state index is -0.946. The van der Waals surface area contributed by atoms with E-state index in [1.807, 2.05) is 17.1 Å². The molecular weight excluding hydrogens is 306 g/mol. The molecule has 3 rings (SSSR count). The summed E-state index contributed by atoms with van der Waals surface area (Å²) in [6, 6.07) is 0. The number of nitriles is 1. The van der Waals surface area contributed by atoms with E-state index in [1.165, 1.54) is 24.2 Å².